The molecule has 0 saturated heterocycles. The third-order valence-corrected chi connectivity index (χ3v) is 5.86. The van der Waals surface area contributed by atoms with Gasteiger partial charge in [-0.3, -0.25) is 9.59 Å². The lowest BCUT2D eigenvalue weighted by atomic mass is 9.86. The van der Waals surface area contributed by atoms with Crippen molar-refractivity contribution in [3.8, 4) is 17.0 Å². The molecule has 5 nitrogen and oxygen atoms in total. The van der Waals surface area contributed by atoms with E-state index in [1.807, 2.05) is 36.4 Å². The lowest BCUT2D eigenvalue weighted by Gasteiger charge is -2.19. The van der Waals surface area contributed by atoms with E-state index in [-0.39, 0.29) is 23.1 Å². The number of hydrogen-bond acceptors (Lipinski definition) is 3. The maximum atomic E-state index is 11.9. The molecule has 29 heavy (non-hydrogen) atoms. The maximum absolute atomic E-state index is 11.9. The van der Waals surface area contributed by atoms with Crippen molar-refractivity contribution in [3.63, 3.8) is 0 Å². The van der Waals surface area contributed by atoms with Crippen LogP contribution in [0.2, 0.25) is 5.02 Å². The summed E-state index contributed by atoms with van der Waals surface area (Å²) in [5.41, 5.74) is 4.77. The standard InChI is InChI=1S/C23H20ClNO4/c1-12(26)21-18-10-17(19(24)11-20(18)25-22(21)27)15-6-2-13(3-7-15)14-4-8-16(9-5-14)23(28)29/h2-4,6-7,10-11,16,25,27H,5,8-9H2,1H3,(H,28,29). The number of fused-ring (bicyclic) bond motifs is 1. The van der Waals surface area contributed by atoms with E-state index in [4.69, 9.17) is 16.7 Å². The van der Waals surface area contributed by atoms with Crippen molar-refractivity contribution in [2.45, 2.75) is 26.2 Å². The van der Waals surface area contributed by atoms with Crippen LogP contribution in [0.3, 0.4) is 0 Å². The lowest BCUT2D eigenvalue weighted by molar-refractivity contribution is -0.141. The van der Waals surface area contributed by atoms with Crippen molar-refractivity contribution in [1.82, 2.24) is 4.98 Å². The number of aromatic hydroxyl groups is 1. The van der Waals surface area contributed by atoms with E-state index in [0.717, 1.165) is 28.7 Å². The van der Waals surface area contributed by atoms with Gasteiger partial charge in [0.05, 0.1) is 22.0 Å². The SMILES string of the molecule is CC(=O)c1c(O)[nH]c2cc(Cl)c(-c3ccc(C4=CCC(C(=O)O)CC4)cc3)cc12. The Bertz CT molecular complexity index is 1160. The quantitative estimate of drug-likeness (QED) is 0.484. The summed E-state index contributed by atoms with van der Waals surface area (Å²) in [6.45, 7) is 1.41. The number of aromatic nitrogens is 1. The Balaban J connectivity index is 1.68. The number of carbonyl (C=O) groups excluding carboxylic acids is 1. The number of aromatic amines is 1. The largest absolute Gasteiger partial charge is 0.494 e. The van der Waals surface area contributed by atoms with E-state index in [1.54, 1.807) is 6.07 Å². The molecule has 0 bridgehead atoms. The molecule has 1 unspecified atom stereocenters. The third kappa shape index (κ3) is 3.54. The van der Waals surface area contributed by atoms with E-state index < -0.39 is 5.97 Å². The molecule has 0 amide bonds. The molecular formula is C23H20ClNO4. The zero-order valence-corrected chi connectivity index (χ0v) is 16.6. The minimum atomic E-state index is -0.735. The zero-order chi connectivity index (χ0) is 20.7. The number of halogens is 1. The number of carboxylic acids is 1. The van der Waals surface area contributed by atoms with Crippen LogP contribution in [-0.4, -0.2) is 26.9 Å². The van der Waals surface area contributed by atoms with Crippen LogP contribution in [0, 0.1) is 5.92 Å². The highest BCUT2D eigenvalue weighted by atomic mass is 35.5. The van der Waals surface area contributed by atoms with Gasteiger partial charge in [-0.25, -0.2) is 0 Å². The molecule has 1 aromatic heterocycles. The Hall–Kier alpha value is -3.05. The predicted octanol–water partition coefficient (Wildman–Crippen LogP) is 5.66. The molecule has 2 aromatic carbocycles. The van der Waals surface area contributed by atoms with Crippen LogP contribution in [0.25, 0.3) is 27.6 Å². The molecular weight excluding hydrogens is 390 g/mol. The molecule has 148 valence electrons. The number of aliphatic carboxylic acids is 1. The summed E-state index contributed by atoms with van der Waals surface area (Å²) >= 11 is 6.46. The Kier molecular flexibility index (Phi) is 4.92. The minimum absolute atomic E-state index is 0.153. The molecule has 1 aliphatic carbocycles. The van der Waals surface area contributed by atoms with Crippen LogP contribution in [0.5, 0.6) is 5.88 Å². The fourth-order valence-electron chi connectivity index (χ4n) is 3.96. The topological polar surface area (TPSA) is 90.4 Å². The van der Waals surface area contributed by atoms with Gasteiger partial charge in [0.15, 0.2) is 5.78 Å². The third-order valence-electron chi connectivity index (χ3n) is 5.55. The van der Waals surface area contributed by atoms with Crippen molar-refractivity contribution in [1.29, 1.82) is 0 Å². The van der Waals surface area contributed by atoms with Gasteiger partial charge in [-0.15, -0.1) is 0 Å². The Morgan fingerprint density at radius 1 is 1.14 bits per heavy atom. The first-order valence-corrected chi connectivity index (χ1v) is 9.80. The van der Waals surface area contributed by atoms with Crippen LogP contribution in [0.15, 0.2) is 42.5 Å². The predicted molar refractivity (Wildman–Crippen MR) is 113 cm³/mol. The molecule has 0 aliphatic heterocycles. The fraction of sp³-hybridized carbons (Fsp3) is 0.217. The van der Waals surface area contributed by atoms with E-state index >= 15 is 0 Å². The summed E-state index contributed by atoms with van der Waals surface area (Å²) in [6, 6.07) is 11.5. The van der Waals surface area contributed by atoms with Crippen LogP contribution < -0.4 is 0 Å². The fourth-order valence-corrected chi connectivity index (χ4v) is 4.24. The average molecular weight is 410 g/mol. The Morgan fingerprint density at radius 3 is 2.41 bits per heavy atom. The molecule has 4 rings (SSSR count). The molecule has 0 saturated carbocycles. The summed E-state index contributed by atoms with van der Waals surface area (Å²) < 4.78 is 0. The molecule has 0 radical (unpaired) electrons. The zero-order valence-electron chi connectivity index (χ0n) is 15.8. The van der Waals surface area contributed by atoms with Gasteiger partial charge in [-0.05, 0) is 55.0 Å². The second kappa shape index (κ2) is 7.41. The first-order valence-electron chi connectivity index (χ1n) is 9.43. The van der Waals surface area contributed by atoms with Crippen molar-refractivity contribution in [2.24, 2.45) is 5.92 Å². The minimum Gasteiger partial charge on any atom is -0.494 e. The first kappa shape index (κ1) is 19.3. The van der Waals surface area contributed by atoms with E-state index in [1.165, 1.54) is 6.92 Å². The van der Waals surface area contributed by atoms with Crippen molar-refractivity contribution in [2.75, 3.05) is 0 Å². The smallest absolute Gasteiger partial charge is 0.306 e. The van der Waals surface area contributed by atoms with Gasteiger partial charge in [-0.1, -0.05) is 41.9 Å². The number of Topliss-reactive ketones (excluding diaryl/α,β-unsaturated/α-hetero) is 1. The maximum Gasteiger partial charge on any atom is 0.306 e. The average Bonchev–Trinajstić information content (AvgIpc) is 3.02. The summed E-state index contributed by atoms with van der Waals surface area (Å²) in [4.78, 5) is 25.8. The Morgan fingerprint density at radius 2 is 1.83 bits per heavy atom. The van der Waals surface area contributed by atoms with Gasteiger partial charge in [0.2, 0.25) is 5.88 Å². The second-order valence-corrected chi connectivity index (χ2v) is 7.81. The van der Waals surface area contributed by atoms with Gasteiger partial charge in [-0.2, -0.15) is 0 Å². The van der Waals surface area contributed by atoms with E-state index in [2.05, 4.69) is 4.98 Å². The summed E-state index contributed by atoms with van der Waals surface area (Å²) in [7, 11) is 0. The molecule has 3 aromatic rings. The van der Waals surface area contributed by atoms with Crippen LogP contribution in [-0.2, 0) is 4.79 Å². The molecule has 1 aliphatic rings. The van der Waals surface area contributed by atoms with Crippen LogP contribution in [0.1, 0.15) is 42.1 Å². The normalized spacial score (nSPS) is 16.6. The van der Waals surface area contributed by atoms with Crippen molar-refractivity contribution < 1.29 is 19.8 Å². The molecule has 3 N–H and O–H groups in total. The number of benzene rings is 2. The number of rotatable bonds is 4. The van der Waals surface area contributed by atoms with Crippen LogP contribution in [0.4, 0.5) is 0 Å². The molecule has 0 spiro atoms. The lowest BCUT2D eigenvalue weighted by Crippen LogP contribution is -2.15. The van der Waals surface area contributed by atoms with E-state index in [0.29, 0.717) is 28.8 Å². The summed E-state index contributed by atoms with van der Waals surface area (Å²) in [5.74, 6) is -1.40. The van der Waals surface area contributed by atoms with Gasteiger partial charge in [0, 0.05) is 10.9 Å². The Labute approximate surface area is 172 Å². The molecule has 6 heteroatoms. The highest BCUT2D eigenvalue weighted by Crippen LogP contribution is 2.37. The second-order valence-electron chi connectivity index (χ2n) is 7.40. The molecule has 0 fully saturated rings. The first-order chi connectivity index (χ1) is 13.8. The highest BCUT2D eigenvalue weighted by molar-refractivity contribution is 6.34. The number of allylic oxidation sites excluding steroid dienone is 2. The molecule has 1 atom stereocenters. The monoisotopic (exact) mass is 409 g/mol. The van der Waals surface area contributed by atoms with Crippen LogP contribution >= 0.6 is 11.6 Å². The molecule has 1 heterocycles. The number of hydrogen-bond donors (Lipinski definition) is 3. The van der Waals surface area contributed by atoms with Crippen molar-refractivity contribution in [3.05, 3.63) is 58.6 Å². The van der Waals surface area contributed by atoms with Gasteiger partial charge < -0.3 is 15.2 Å². The number of carboxylic acid groups (broad SMARTS) is 1. The summed E-state index contributed by atoms with van der Waals surface area (Å²) in [5, 5.41) is 20.3. The summed E-state index contributed by atoms with van der Waals surface area (Å²) in [6.07, 6.45) is 3.96. The van der Waals surface area contributed by atoms with Gasteiger partial charge in [0.1, 0.15) is 0 Å². The number of H-pyrrole nitrogens is 1. The van der Waals surface area contributed by atoms with E-state index in [9.17, 15) is 14.7 Å². The van der Waals surface area contributed by atoms with Gasteiger partial charge in [0.25, 0.3) is 0 Å². The highest BCUT2D eigenvalue weighted by Gasteiger charge is 2.21. The van der Waals surface area contributed by atoms with Crippen molar-refractivity contribution >= 4 is 39.8 Å². The number of nitrogens with one attached hydrogen (secondary N) is 1. The number of ketones is 1. The number of carbonyl (C=O) groups is 2. The van der Waals surface area contributed by atoms with Gasteiger partial charge >= 0.3 is 5.97 Å².